The zero-order valence-corrected chi connectivity index (χ0v) is 10.5. The second-order valence-corrected chi connectivity index (χ2v) is 4.62. The summed E-state index contributed by atoms with van der Waals surface area (Å²) in [6.45, 7) is 3.46. The molecule has 0 aliphatic carbocycles. The van der Waals surface area contributed by atoms with E-state index in [1.54, 1.807) is 13.8 Å². The fraction of sp³-hybridized carbons (Fsp3) is 0.462. The third-order valence-electron chi connectivity index (χ3n) is 3.42. The average Bonchev–Trinajstić information content (AvgIpc) is 2.56. The van der Waals surface area contributed by atoms with Crippen molar-refractivity contribution in [3.8, 4) is 0 Å². The maximum atomic E-state index is 13.9. The van der Waals surface area contributed by atoms with Crippen molar-refractivity contribution < 1.29 is 18.4 Å². The first-order valence-electron chi connectivity index (χ1n) is 5.76. The highest BCUT2D eigenvalue weighted by atomic mass is 19.1. The van der Waals surface area contributed by atoms with Crippen LogP contribution in [0.25, 0.3) is 0 Å². The van der Waals surface area contributed by atoms with Crippen LogP contribution in [-0.2, 0) is 9.63 Å². The monoisotopic (exact) mass is 255 g/mol. The fourth-order valence-electron chi connectivity index (χ4n) is 2.40. The van der Waals surface area contributed by atoms with Gasteiger partial charge in [-0.25, -0.2) is 13.8 Å². The van der Waals surface area contributed by atoms with Gasteiger partial charge in [-0.3, -0.25) is 9.63 Å². The van der Waals surface area contributed by atoms with E-state index in [2.05, 4.69) is 0 Å². The van der Waals surface area contributed by atoms with E-state index < -0.39 is 23.5 Å². The van der Waals surface area contributed by atoms with Gasteiger partial charge in [0.1, 0.15) is 11.6 Å². The van der Waals surface area contributed by atoms with Crippen LogP contribution in [0.3, 0.4) is 0 Å². The van der Waals surface area contributed by atoms with Crippen LogP contribution in [0.1, 0.15) is 24.0 Å². The van der Waals surface area contributed by atoms with Crippen LogP contribution in [-0.4, -0.2) is 24.6 Å². The summed E-state index contributed by atoms with van der Waals surface area (Å²) in [4.78, 5) is 16.7. The van der Waals surface area contributed by atoms with E-state index >= 15 is 0 Å². The third-order valence-corrected chi connectivity index (χ3v) is 3.42. The van der Waals surface area contributed by atoms with Crippen LogP contribution in [0.2, 0.25) is 0 Å². The summed E-state index contributed by atoms with van der Waals surface area (Å²) < 4.78 is 27.8. The molecule has 1 aliphatic heterocycles. The van der Waals surface area contributed by atoms with Gasteiger partial charge < -0.3 is 0 Å². The summed E-state index contributed by atoms with van der Waals surface area (Å²) in [5, 5.41) is 1.15. The number of amides is 1. The molecule has 2 atom stereocenters. The van der Waals surface area contributed by atoms with Gasteiger partial charge in [0.05, 0.1) is 13.7 Å². The Balaban J connectivity index is 2.42. The minimum atomic E-state index is -0.602. The lowest BCUT2D eigenvalue weighted by atomic mass is 9.88. The summed E-state index contributed by atoms with van der Waals surface area (Å²) in [6.07, 6.45) is 0. The lowest BCUT2D eigenvalue weighted by Gasteiger charge is -2.15. The molecule has 98 valence electrons. The molecule has 0 unspecified atom stereocenters. The van der Waals surface area contributed by atoms with Gasteiger partial charge in [-0.05, 0) is 24.6 Å². The topological polar surface area (TPSA) is 29.5 Å². The van der Waals surface area contributed by atoms with Gasteiger partial charge in [0.2, 0.25) is 5.91 Å². The minimum Gasteiger partial charge on any atom is -0.274 e. The van der Waals surface area contributed by atoms with Crippen LogP contribution >= 0.6 is 0 Å². The maximum Gasteiger partial charge on any atom is 0.249 e. The standard InChI is InChI=1S/C13H15F2NO2/c1-7-4-10(14)12(11(15)5-7)9-6-16(18-3)13(17)8(9)2/h4-5,8-9H,6H2,1-3H3/t8-,9+/m0/s1. The summed E-state index contributed by atoms with van der Waals surface area (Å²) in [6, 6.07) is 2.57. The molecular formula is C13H15F2NO2. The van der Waals surface area contributed by atoms with E-state index in [1.165, 1.54) is 19.2 Å². The summed E-state index contributed by atoms with van der Waals surface area (Å²) >= 11 is 0. The van der Waals surface area contributed by atoms with Crippen molar-refractivity contribution in [3.63, 3.8) is 0 Å². The van der Waals surface area contributed by atoms with Crippen LogP contribution in [0.15, 0.2) is 12.1 Å². The largest absolute Gasteiger partial charge is 0.274 e. The number of rotatable bonds is 2. The molecule has 1 aliphatic rings. The molecule has 3 nitrogen and oxygen atoms in total. The molecule has 0 aromatic heterocycles. The van der Waals surface area contributed by atoms with Gasteiger partial charge in [-0.2, -0.15) is 0 Å². The first kappa shape index (κ1) is 13.0. The SMILES string of the molecule is CON1C[C@@H](c2c(F)cc(C)cc2F)[C@H](C)C1=O. The average molecular weight is 255 g/mol. The highest BCUT2D eigenvalue weighted by Gasteiger charge is 2.41. The molecular weight excluding hydrogens is 240 g/mol. The number of aryl methyl sites for hydroxylation is 1. The van der Waals surface area contributed by atoms with Crippen LogP contribution < -0.4 is 0 Å². The number of hydroxylamine groups is 2. The Bertz CT molecular complexity index is 467. The predicted molar refractivity (Wildman–Crippen MR) is 61.7 cm³/mol. The zero-order valence-electron chi connectivity index (χ0n) is 10.5. The lowest BCUT2D eigenvalue weighted by Crippen LogP contribution is -2.25. The number of carbonyl (C=O) groups is 1. The zero-order chi connectivity index (χ0) is 13.4. The number of benzene rings is 1. The first-order valence-corrected chi connectivity index (χ1v) is 5.76. The molecule has 0 radical (unpaired) electrons. The van der Waals surface area contributed by atoms with E-state index in [4.69, 9.17) is 4.84 Å². The Hall–Kier alpha value is -1.49. The second kappa shape index (κ2) is 4.65. The summed E-state index contributed by atoms with van der Waals surface area (Å²) in [5.74, 6) is -2.46. The van der Waals surface area contributed by atoms with Gasteiger partial charge in [0.15, 0.2) is 0 Å². The molecule has 5 heteroatoms. The lowest BCUT2D eigenvalue weighted by molar-refractivity contribution is -0.169. The highest BCUT2D eigenvalue weighted by molar-refractivity contribution is 5.81. The van der Waals surface area contributed by atoms with E-state index in [0.29, 0.717) is 5.56 Å². The van der Waals surface area contributed by atoms with E-state index in [1.807, 2.05) is 0 Å². The Morgan fingerprint density at radius 1 is 1.33 bits per heavy atom. The van der Waals surface area contributed by atoms with Gasteiger partial charge >= 0.3 is 0 Å². The Morgan fingerprint density at radius 3 is 2.33 bits per heavy atom. The number of carbonyl (C=O) groups excluding carboxylic acids is 1. The number of hydrogen-bond acceptors (Lipinski definition) is 2. The highest BCUT2D eigenvalue weighted by Crippen LogP contribution is 2.36. The normalized spacial score (nSPS) is 23.8. The fourth-order valence-corrected chi connectivity index (χ4v) is 2.40. The molecule has 1 aromatic carbocycles. The van der Waals surface area contributed by atoms with Gasteiger partial charge in [-0.15, -0.1) is 0 Å². The first-order chi connectivity index (χ1) is 8.45. The van der Waals surface area contributed by atoms with Gasteiger partial charge in [0.25, 0.3) is 0 Å². The third kappa shape index (κ3) is 1.99. The molecule has 1 saturated heterocycles. The summed E-state index contributed by atoms with van der Waals surface area (Å²) in [5.41, 5.74) is 0.496. The Morgan fingerprint density at radius 2 is 1.89 bits per heavy atom. The molecule has 1 heterocycles. The Kier molecular flexibility index (Phi) is 3.34. The Labute approximate surface area is 104 Å². The van der Waals surface area contributed by atoms with Crippen molar-refractivity contribution in [2.75, 3.05) is 13.7 Å². The molecule has 1 amide bonds. The molecule has 1 fully saturated rings. The van der Waals surface area contributed by atoms with Crippen molar-refractivity contribution in [3.05, 3.63) is 34.9 Å². The van der Waals surface area contributed by atoms with Crippen molar-refractivity contribution in [1.82, 2.24) is 5.06 Å². The van der Waals surface area contributed by atoms with E-state index in [9.17, 15) is 13.6 Å². The molecule has 0 saturated carbocycles. The van der Waals surface area contributed by atoms with Crippen LogP contribution in [0.4, 0.5) is 8.78 Å². The van der Waals surface area contributed by atoms with Crippen molar-refractivity contribution in [2.24, 2.45) is 5.92 Å². The van der Waals surface area contributed by atoms with Crippen LogP contribution in [0.5, 0.6) is 0 Å². The second-order valence-electron chi connectivity index (χ2n) is 4.62. The van der Waals surface area contributed by atoms with Crippen LogP contribution in [0, 0.1) is 24.5 Å². The maximum absolute atomic E-state index is 13.9. The summed E-state index contributed by atoms with van der Waals surface area (Å²) in [7, 11) is 1.37. The number of halogens is 2. The molecule has 18 heavy (non-hydrogen) atoms. The van der Waals surface area contributed by atoms with Crippen molar-refractivity contribution in [1.29, 1.82) is 0 Å². The van der Waals surface area contributed by atoms with Crippen molar-refractivity contribution in [2.45, 2.75) is 19.8 Å². The molecule has 0 N–H and O–H groups in total. The molecule has 1 aromatic rings. The van der Waals surface area contributed by atoms with E-state index in [-0.39, 0.29) is 18.0 Å². The smallest absolute Gasteiger partial charge is 0.249 e. The predicted octanol–water partition coefficient (Wildman–Crippen LogP) is 2.40. The molecule has 0 bridgehead atoms. The molecule has 0 spiro atoms. The van der Waals surface area contributed by atoms with Gasteiger partial charge in [0, 0.05) is 17.4 Å². The number of hydrogen-bond donors (Lipinski definition) is 0. The number of nitrogens with zero attached hydrogens (tertiary/aromatic N) is 1. The van der Waals surface area contributed by atoms with Crippen molar-refractivity contribution >= 4 is 5.91 Å². The van der Waals surface area contributed by atoms with Gasteiger partial charge in [-0.1, -0.05) is 6.92 Å². The van der Waals surface area contributed by atoms with E-state index in [0.717, 1.165) is 5.06 Å². The quantitative estimate of drug-likeness (QED) is 0.812. The molecule has 2 rings (SSSR count). The minimum absolute atomic E-state index is 0.0269.